The van der Waals surface area contributed by atoms with Gasteiger partial charge in [-0.05, 0) is 30.3 Å². The highest BCUT2D eigenvalue weighted by Crippen LogP contribution is 2.26. The summed E-state index contributed by atoms with van der Waals surface area (Å²) in [5.74, 6) is -0.152. The molecule has 0 fully saturated rings. The van der Waals surface area contributed by atoms with Gasteiger partial charge in [0.2, 0.25) is 0 Å². The average Bonchev–Trinajstić information content (AvgIpc) is 3.30. The number of aldehydes is 1. The Morgan fingerprint density at radius 1 is 1.00 bits per heavy atom. The fraction of sp³-hybridized carbons (Fsp3) is 0.0833. The molecule has 0 saturated heterocycles. The number of hydrogen-bond donors (Lipinski definition) is 2. The van der Waals surface area contributed by atoms with Crippen LogP contribution in [-0.4, -0.2) is 33.9 Å². The molecule has 0 radical (unpaired) electrons. The second kappa shape index (κ2) is 8.96. The highest BCUT2D eigenvalue weighted by molar-refractivity contribution is 6.00. The predicted octanol–water partition coefficient (Wildman–Crippen LogP) is 3.92. The van der Waals surface area contributed by atoms with E-state index in [1.807, 2.05) is 54.6 Å². The van der Waals surface area contributed by atoms with Crippen LogP contribution in [0.1, 0.15) is 26.4 Å². The molecule has 2 N–H and O–H groups in total. The van der Waals surface area contributed by atoms with E-state index in [2.05, 4.69) is 20.5 Å². The third kappa shape index (κ3) is 4.33. The van der Waals surface area contributed by atoms with Gasteiger partial charge in [-0.2, -0.15) is 5.10 Å². The molecule has 148 valence electrons. The maximum Gasteiger partial charge on any atom is 0.251 e. The van der Waals surface area contributed by atoms with Crippen molar-refractivity contribution in [3.8, 4) is 22.5 Å². The zero-order valence-corrected chi connectivity index (χ0v) is 16.2. The molecule has 2 heterocycles. The molecule has 1 amide bonds. The minimum atomic E-state index is -0.152. The Balaban J connectivity index is 1.52. The van der Waals surface area contributed by atoms with Gasteiger partial charge in [0.1, 0.15) is 6.29 Å². The molecule has 0 bridgehead atoms. The third-order valence-electron chi connectivity index (χ3n) is 4.75. The van der Waals surface area contributed by atoms with E-state index in [0.717, 1.165) is 28.8 Å². The average molecular weight is 396 g/mol. The molecule has 0 aliphatic carbocycles. The molecular formula is C24H20N4O2. The van der Waals surface area contributed by atoms with Crippen LogP contribution in [0.5, 0.6) is 0 Å². The van der Waals surface area contributed by atoms with E-state index >= 15 is 0 Å². The molecule has 0 spiro atoms. The maximum atomic E-state index is 12.8. The summed E-state index contributed by atoms with van der Waals surface area (Å²) in [5.41, 5.74) is 5.12. The summed E-state index contributed by atoms with van der Waals surface area (Å²) in [6, 6.07) is 22.2. The van der Waals surface area contributed by atoms with E-state index in [1.165, 1.54) is 0 Å². The minimum Gasteiger partial charge on any atom is -0.352 e. The Hall–Kier alpha value is -4.06. The van der Waals surface area contributed by atoms with Crippen LogP contribution < -0.4 is 5.32 Å². The van der Waals surface area contributed by atoms with E-state index in [4.69, 9.17) is 0 Å². The molecule has 0 saturated carbocycles. The summed E-state index contributed by atoms with van der Waals surface area (Å²) in [5, 5.41) is 10.3. The number of nitrogens with one attached hydrogen (secondary N) is 2. The van der Waals surface area contributed by atoms with Crippen LogP contribution in [0, 0.1) is 0 Å². The first kappa shape index (κ1) is 19.3. The van der Waals surface area contributed by atoms with E-state index in [1.54, 1.807) is 24.4 Å². The first-order valence-electron chi connectivity index (χ1n) is 9.63. The van der Waals surface area contributed by atoms with Crippen molar-refractivity contribution < 1.29 is 9.59 Å². The van der Waals surface area contributed by atoms with Crippen LogP contribution in [0.25, 0.3) is 22.5 Å². The van der Waals surface area contributed by atoms with Gasteiger partial charge in [-0.15, -0.1) is 0 Å². The number of rotatable bonds is 7. The Morgan fingerprint density at radius 3 is 2.70 bits per heavy atom. The van der Waals surface area contributed by atoms with Crippen molar-refractivity contribution in [2.75, 3.05) is 6.54 Å². The Morgan fingerprint density at radius 2 is 1.87 bits per heavy atom. The third-order valence-corrected chi connectivity index (χ3v) is 4.75. The van der Waals surface area contributed by atoms with Crippen molar-refractivity contribution in [1.29, 1.82) is 0 Å². The molecule has 6 nitrogen and oxygen atoms in total. The summed E-state index contributed by atoms with van der Waals surface area (Å²) in [7, 11) is 0. The fourth-order valence-corrected chi connectivity index (χ4v) is 3.24. The number of benzene rings is 2. The molecule has 4 aromatic rings. The number of hydrogen-bond acceptors (Lipinski definition) is 4. The molecule has 0 aliphatic rings. The summed E-state index contributed by atoms with van der Waals surface area (Å²) in [6.45, 7) is 0.497. The normalized spacial score (nSPS) is 10.5. The molecule has 30 heavy (non-hydrogen) atoms. The van der Waals surface area contributed by atoms with Gasteiger partial charge in [0, 0.05) is 47.1 Å². The highest BCUT2D eigenvalue weighted by Gasteiger charge is 2.14. The van der Waals surface area contributed by atoms with Gasteiger partial charge in [-0.25, -0.2) is 0 Å². The second-order valence-electron chi connectivity index (χ2n) is 6.78. The van der Waals surface area contributed by atoms with Crippen molar-refractivity contribution in [2.45, 2.75) is 6.42 Å². The molecule has 0 unspecified atom stereocenters. The number of carbonyl (C=O) groups is 2. The lowest BCUT2D eigenvalue weighted by molar-refractivity contribution is 0.0954. The van der Waals surface area contributed by atoms with Gasteiger partial charge >= 0.3 is 0 Å². The van der Waals surface area contributed by atoms with Crippen molar-refractivity contribution >= 4 is 12.2 Å². The SMILES string of the molecule is O=Cc1cccc(-c2cc(-c3ccccc3C(=O)NCCc3ccccn3)[nH]n2)c1. The molecule has 2 aromatic carbocycles. The predicted molar refractivity (Wildman–Crippen MR) is 115 cm³/mol. The number of nitrogens with zero attached hydrogens (tertiary/aromatic N) is 2. The lowest BCUT2D eigenvalue weighted by Gasteiger charge is -2.09. The monoisotopic (exact) mass is 396 g/mol. The van der Waals surface area contributed by atoms with Gasteiger partial charge < -0.3 is 5.32 Å². The molecule has 4 rings (SSSR count). The Bertz CT molecular complexity index is 1170. The maximum absolute atomic E-state index is 12.8. The standard InChI is InChI=1S/C24H20N4O2/c29-16-17-6-5-7-18(14-17)22-15-23(28-27-22)20-9-1-2-10-21(20)24(30)26-13-11-19-8-3-4-12-25-19/h1-10,12,14-16H,11,13H2,(H,26,30)(H,27,28). The van der Waals surface area contributed by atoms with Crippen LogP contribution in [0.15, 0.2) is 79.0 Å². The highest BCUT2D eigenvalue weighted by atomic mass is 16.1. The van der Waals surface area contributed by atoms with E-state index in [9.17, 15) is 9.59 Å². The van der Waals surface area contributed by atoms with Crippen molar-refractivity contribution in [3.63, 3.8) is 0 Å². The zero-order chi connectivity index (χ0) is 20.8. The smallest absolute Gasteiger partial charge is 0.251 e. The topological polar surface area (TPSA) is 87.7 Å². The first-order valence-corrected chi connectivity index (χ1v) is 9.63. The van der Waals surface area contributed by atoms with Gasteiger partial charge in [0.05, 0.1) is 11.4 Å². The lowest BCUT2D eigenvalue weighted by atomic mass is 10.0. The summed E-state index contributed by atoms with van der Waals surface area (Å²) in [6.07, 6.45) is 3.21. The van der Waals surface area contributed by atoms with Crippen molar-refractivity contribution in [1.82, 2.24) is 20.5 Å². The van der Waals surface area contributed by atoms with Crippen LogP contribution >= 0.6 is 0 Å². The van der Waals surface area contributed by atoms with Crippen molar-refractivity contribution in [3.05, 3.63) is 95.8 Å². The van der Waals surface area contributed by atoms with Gasteiger partial charge in [0.25, 0.3) is 5.91 Å². The lowest BCUT2D eigenvalue weighted by Crippen LogP contribution is -2.26. The van der Waals surface area contributed by atoms with Gasteiger partial charge in [-0.1, -0.05) is 42.5 Å². The van der Waals surface area contributed by atoms with Crippen LogP contribution in [0.2, 0.25) is 0 Å². The Kier molecular flexibility index (Phi) is 5.75. The van der Waals surface area contributed by atoms with E-state index < -0.39 is 0 Å². The Labute approximate surface area is 174 Å². The largest absolute Gasteiger partial charge is 0.352 e. The minimum absolute atomic E-state index is 0.152. The second-order valence-corrected chi connectivity index (χ2v) is 6.78. The summed E-state index contributed by atoms with van der Waals surface area (Å²) in [4.78, 5) is 28.1. The zero-order valence-electron chi connectivity index (χ0n) is 16.2. The molecular weight excluding hydrogens is 376 g/mol. The number of carbonyl (C=O) groups excluding carboxylic acids is 2. The van der Waals surface area contributed by atoms with Crippen LogP contribution in [0.4, 0.5) is 0 Å². The van der Waals surface area contributed by atoms with E-state index in [0.29, 0.717) is 29.8 Å². The van der Waals surface area contributed by atoms with Gasteiger partial charge in [0.15, 0.2) is 0 Å². The quantitative estimate of drug-likeness (QED) is 0.464. The van der Waals surface area contributed by atoms with Crippen molar-refractivity contribution in [2.24, 2.45) is 0 Å². The number of amides is 1. The van der Waals surface area contributed by atoms with E-state index in [-0.39, 0.29) is 5.91 Å². The number of pyridine rings is 1. The van der Waals surface area contributed by atoms with Gasteiger partial charge in [-0.3, -0.25) is 19.7 Å². The first-order chi connectivity index (χ1) is 14.7. The number of H-pyrrole nitrogens is 1. The fourth-order valence-electron chi connectivity index (χ4n) is 3.24. The van der Waals surface area contributed by atoms with Crippen LogP contribution in [-0.2, 0) is 6.42 Å². The molecule has 6 heteroatoms. The number of aromatic nitrogens is 3. The molecule has 0 aliphatic heterocycles. The summed E-state index contributed by atoms with van der Waals surface area (Å²) < 4.78 is 0. The molecule has 0 atom stereocenters. The summed E-state index contributed by atoms with van der Waals surface area (Å²) >= 11 is 0. The molecule has 2 aromatic heterocycles. The van der Waals surface area contributed by atoms with Crippen LogP contribution in [0.3, 0.4) is 0 Å². The number of aromatic amines is 1.